The van der Waals surface area contributed by atoms with Crippen molar-refractivity contribution < 1.29 is 18.8 Å². The van der Waals surface area contributed by atoms with Crippen molar-refractivity contribution in [2.24, 2.45) is 0 Å². The zero-order valence-electron chi connectivity index (χ0n) is 16.6. The fraction of sp³-hybridized carbons (Fsp3) is 0.409. The summed E-state index contributed by atoms with van der Waals surface area (Å²) in [6, 6.07) is 14.4. The highest BCUT2D eigenvalue weighted by Crippen LogP contribution is 2.20. The number of amides is 1. The highest BCUT2D eigenvalue weighted by Gasteiger charge is 2.29. The highest BCUT2D eigenvalue weighted by molar-refractivity contribution is 5.79. The Bertz CT molecular complexity index is 774. The van der Waals surface area contributed by atoms with Gasteiger partial charge in [0.05, 0.1) is 33.3 Å². The number of ether oxygens (including phenoxy) is 1. The van der Waals surface area contributed by atoms with Gasteiger partial charge in [0.2, 0.25) is 0 Å². The predicted molar refractivity (Wildman–Crippen MR) is 108 cm³/mol. The molecule has 1 atom stereocenters. The first-order valence-electron chi connectivity index (χ1n) is 9.82. The molecule has 0 bridgehead atoms. The Morgan fingerprint density at radius 3 is 2.61 bits per heavy atom. The Balaban J connectivity index is 1.44. The molecule has 28 heavy (non-hydrogen) atoms. The van der Waals surface area contributed by atoms with E-state index >= 15 is 0 Å². The van der Waals surface area contributed by atoms with Crippen LogP contribution in [0.2, 0.25) is 0 Å². The lowest BCUT2D eigenvalue weighted by Gasteiger charge is -2.36. The molecule has 2 aromatic rings. The molecule has 2 aromatic carbocycles. The number of nitrogens with zero attached hydrogens (tertiary/aromatic N) is 1. The Hall–Kier alpha value is -2.60. The zero-order chi connectivity index (χ0) is 19.9. The van der Waals surface area contributed by atoms with Gasteiger partial charge < -0.3 is 19.9 Å². The minimum Gasteiger partial charge on any atom is -0.497 e. The average molecular weight is 386 g/mol. The number of anilines is 1. The highest BCUT2D eigenvalue weighted by atomic mass is 19.1. The van der Waals surface area contributed by atoms with E-state index in [4.69, 9.17) is 4.74 Å². The number of benzene rings is 2. The number of carbonyl (C=O) groups is 1. The maximum Gasteiger partial charge on any atom is 0.278 e. The largest absolute Gasteiger partial charge is 0.497 e. The molecule has 150 valence electrons. The van der Waals surface area contributed by atoms with Crippen molar-refractivity contribution in [3.63, 3.8) is 0 Å². The molecule has 1 saturated heterocycles. The number of piperazine rings is 1. The number of hydrogen-bond donors (Lipinski definition) is 2. The molecule has 5 nitrogen and oxygen atoms in total. The summed E-state index contributed by atoms with van der Waals surface area (Å²) in [4.78, 5) is 16.1. The summed E-state index contributed by atoms with van der Waals surface area (Å²) < 4.78 is 18.2. The normalized spacial score (nSPS) is 15.9. The van der Waals surface area contributed by atoms with Gasteiger partial charge in [0.15, 0.2) is 6.04 Å². The van der Waals surface area contributed by atoms with Crippen LogP contribution in [0.5, 0.6) is 5.75 Å². The van der Waals surface area contributed by atoms with Crippen LogP contribution in [0.25, 0.3) is 0 Å². The van der Waals surface area contributed by atoms with Crippen LogP contribution in [0.15, 0.2) is 48.5 Å². The van der Waals surface area contributed by atoms with Crippen LogP contribution in [0.4, 0.5) is 10.1 Å². The molecule has 3 rings (SSSR count). The minimum atomic E-state index is -0.238. The molecular weight excluding hydrogens is 357 g/mol. The van der Waals surface area contributed by atoms with Crippen molar-refractivity contribution in [3.05, 3.63) is 59.9 Å². The molecule has 6 heteroatoms. The van der Waals surface area contributed by atoms with E-state index in [0.29, 0.717) is 13.0 Å². The van der Waals surface area contributed by atoms with Gasteiger partial charge in [-0.15, -0.1) is 0 Å². The standard InChI is InChI=1S/C22H28FN3O2/c1-17(22(27)24-11-10-18-6-8-19(23)9-7-18)25-12-14-26(15-13-25)20-4-3-5-21(16-20)28-2/h3-9,16-17H,10-15H2,1-2H3,(H,24,27)/p+1/t17-/m0/s1. The lowest BCUT2D eigenvalue weighted by atomic mass is 10.1. The number of quaternary nitrogens is 1. The van der Waals surface area contributed by atoms with E-state index in [9.17, 15) is 9.18 Å². The third-order valence-electron chi connectivity index (χ3n) is 5.46. The summed E-state index contributed by atoms with van der Waals surface area (Å²) in [6.45, 7) is 6.22. The van der Waals surface area contributed by atoms with Crippen LogP contribution in [0.1, 0.15) is 12.5 Å². The van der Waals surface area contributed by atoms with Crippen LogP contribution >= 0.6 is 0 Å². The second-order valence-corrected chi connectivity index (χ2v) is 7.24. The van der Waals surface area contributed by atoms with Gasteiger partial charge in [0.25, 0.3) is 5.91 Å². The minimum absolute atomic E-state index is 0.0759. The van der Waals surface area contributed by atoms with E-state index < -0.39 is 0 Å². The molecular formula is C22H29FN3O2+. The molecule has 0 aromatic heterocycles. The third-order valence-corrected chi connectivity index (χ3v) is 5.46. The van der Waals surface area contributed by atoms with Gasteiger partial charge in [0, 0.05) is 18.3 Å². The van der Waals surface area contributed by atoms with Crippen LogP contribution in [-0.2, 0) is 11.2 Å². The molecule has 2 N–H and O–H groups in total. The predicted octanol–water partition coefficient (Wildman–Crippen LogP) is 1.29. The van der Waals surface area contributed by atoms with Gasteiger partial charge in [-0.05, 0) is 43.2 Å². The maximum absolute atomic E-state index is 12.9. The summed E-state index contributed by atoms with van der Waals surface area (Å²) in [7, 11) is 1.68. The van der Waals surface area contributed by atoms with Gasteiger partial charge in [-0.2, -0.15) is 0 Å². The summed E-state index contributed by atoms with van der Waals surface area (Å²) in [5, 5.41) is 3.02. The summed E-state index contributed by atoms with van der Waals surface area (Å²) >= 11 is 0. The van der Waals surface area contributed by atoms with E-state index in [-0.39, 0.29) is 17.8 Å². The molecule has 0 spiro atoms. The fourth-order valence-electron chi connectivity index (χ4n) is 3.61. The number of hydrogen-bond acceptors (Lipinski definition) is 3. The molecule has 0 radical (unpaired) electrons. The molecule has 1 amide bonds. The van der Waals surface area contributed by atoms with Gasteiger partial charge in [-0.1, -0.05) is 18.2 Å². The Labute approximate surface area is 166 Å². The maximum atomic E-state index is 12.9. The molecule has 0 saturated carbocycles. The average Bonchev–Trinajstić information content (AvgIpc) is 2.74. The summed E-state index contributed by atoms with van der Waals surface area (Å²) in [5.41, 5.74) is 2.18. The summed E-state index contributed by atoms with van der Waals surface area (Å²) in [5.74, 6) is 0.700. The topological polar surface area (TPSA) is 46.0 Å². The van der Waals surface area contributed by atoms with Crippen LogP contribution in [0.3, 0.4) is 0 Å². The third kappa shape index (κ3) is 5.23. The van der Waals surface area contributed by atoms with Crippen molar-refractivity contribution in [3.8, 4) is 5.75 Å². The van der Waals surface area contributed by atoms with Gasteiger partial charge in [-0.25, -0.2) is 4.39 Å². The van der Waals surface area contributed by atoms with E-state index in [2.05, 4.69) is 22.3 Å². The van der Waals surface area contributed by atoms with Gasteiger partial charge in [0.1, 0.15) is 11.6 Å². The Morgan fingerprint density at radius 1 is 1.21 bits per heavy atom. The second-order valence-electron chi connectivity index (χ2n) is 7.24. The lowest BCUT2D eigenvalue weighted by Crippen LogP contribution is -3.19. The van der Waals surface area contributed by atoms with Crippen molar-refractivity contribution in [2.45, 2.75) is 19.4 Å². The van der Waals surface area contributed by atoms with Crippen LogP contribution < -0.4 is 19.9 Å². The molecule has 1 aliphatic rings. The van der Waals surface area contributed by atoms with E-state index in [0.717, 1.165) is 43.2 Å². The first-order valence-corrected chi connectivity index (χ1v) is 9.82. The number of methoxy groups -OCH3 is 1. The lowest BCUT2D eigenvalue weighted by molar-refractivity contribution is -0.914. The van der Waals surface area contributed by atoms with E-state index in [1.807, 2.05) is 19.1 Å². The SMILES string of the molecule is COc1cccc(N2CC[NH+]([C@@H](C)C(=O)NCCc3ccc(F)cc3)CC2)c1. The van der Waals surface area contributed by atoms with Crippen molar-refractivity contribution in [1.82, 2.24) is 5.32 Å². The van der Waals surface area contributed by atoms with Crippen molar-refractivity contribution in [1.29, 1.82) is 0 Å². The van der Waals surface area contributed by atoms with Crippen molar-refractivity contribution in [2.75, 3.05) is 44.7 Å². The first-order chi connectivity index (χ1) is 13.6. The zero-order valence-corrected chi connectivity index (χ0v) is 16.6. The molecule has 1 fully saturated rings. The molecule has 0 aliphatic carbocycles. The summed E-state index contributed by atoms with van der Waals surface area (Å²) in [6.07, 6.45) is 0.706. The monoisotopic (exact) mass is 386 g/mol. The smallest absolute Gasteiger partial charge is 0.278 e. The number of carbonyl (C=O) groups excluding carboxylic acids is 1. The quantitative estimate of drug-likeness (QED) is 0.754. The molecule has 0 unspecified atom stereocenters. The van der Waals surface area contributed by atoms with Crippen molar-refractivity contribution >= 4 is 11.6 Å². The number of halogens is 1. The van der Waals surface area contributed by atoms with E-state index in [1.54, 1.807) is 19.2 Å². The fourth-order valence-corrected chi connectivity index (χ4v) is 3.61. The van der Waals surface area contributed by atoms with Crippen LogP contribution in [-0.4, -0.2) is 51.8 Å². The van der Waals surface area contributed by atoms with E-state index in [1.165, 1.54) is 17.0 Å². The first kappa shape index (κ1) is 20.1. The second kappa shape index (κ2) is 9.55. The van der Waals surface area contributed by atoms with Crippen LogP contribution in [0, 0.1) is 5.82 Å². The number of rotatable bonds is 7. The van der Waals surface area contributed by atoms with Gasteiger partial charge >= 0.3 is 0 Å². The Morgan fingerprint density at radius 2 is 1.93 bits per heavy atom. The molecule has 1 heterocycles. The molecule has 1 aliphatic heterocycles. The number of nitrogens with one attached hydrogen (secondary N) is 2. The van der Waals surface area contributed by atoms with Gasteiger partial charge in [-0.3, -0.25) is 4.79 Å². The Kier molecular flexibility index (Phi) is 6.87.